The number of carbonyl (C=O) groups is 2. The zero-order valence-corrected chi connectivity index (χ0v) is 23.7. The minimum Gasteiger partial charge on any atom is -0.490 e. The predicted octanol–water partition coefficient (Wildman–Crippen LogP) is 6.89. The molecule has 0 aliphatic carbocycles. The molecule has 0 bridgehead atoms. The van der Waals surface area contributed by atoms with Gasteiger partial charge in [0.25, 0.3) is 5.91 Å². The van der Waals surface area contributed by atoms with E-state index in [1.54, 1.807) is 37.3 Å². The highest BCUT2D eigenvalue weighted by atomic mass is 79.9. The van der Waals surface area contributed by atoms with Crippen LogP contribution in [0.15, 0.2) is 39.7 Å². The first kappa shape index (κ1) is 27.8. The van der Waals surface area contributed by atoms with Crippen LogP contribution in [0.4, 0.5) is 0 Å². The Morgan fingerprint density at radius 1 is 1.17 bits per heavy atom. The van der Waals surface area contributed by atoms with E-state index >= 15 is 0 Å². The molecule has 1 saturated heterocycles. The molecule has 35 heavy (non-hydrogen) atoms. The number of benzene rings is 2. The van der Waals surface area contributed by atoms with Gasteiger partial charge in [0, 0.05) is 22.2 Å². The third-order valence-electron chi connectivity index (χ3n) is 4.77. The first-order chi connectivity index (χ1) is 16.7. The van der Waals surface area contributed by atoms with Crippen molar-refractivity contribution >= 4 is 85.4 Å². The van der Waals surface area contributed by atoms with Crippen LogP contribution >= 0.6 is 63.1 Å². The molecule has 6 nitrogen and oxygen atoms in total. The van der Waals surface area contributed by atoms with Crippen molar-refractivity contribution in [3.63, 3.8) is 0 Å². The summed E-state index contributed by atoms with van der Waals surface area (Å²) in [5.74, 6) is 0.354. The zero-order chi connectivity index (χ0) is 25.5. The maximum Gasteiger partial charge on any atom is 0.307 e. The fourth-order valence-electron chi connectivity index (χ4n) is 3.17. The average Bonchev–Trinajstić information content (AvgIpc) is 3.06. The zero-order valence-electron chi connectivity index (χ0n) is 18.9. The maximum atomic E-state index is 12.9. The number of thioether (sulfide) groups is 1. The number of halogens is 3. The van der Waals surface area contributed by atoms with E-state index in [9.17, 15) is 9.59 Å². The second-order valence-electron chi connectivity index (χ2n) is 7.14. The normalized spacial score (nSPS) is 14.5. The predicted molar refractivity (Wildman–Crippen MR) is 147 cm³/mol. The molecule has 1 aliphatic heterocycles. The molecular weight excluding hydrogens is 597 g/mol. The number of nitrogens with zero attached hydrogens (tertiary/aromatic N) is 1. The lowest BCUT2D eigenvalue weighted by molar-refractivity contribution is -0.143. The Morgan fingerprint density at radius 3 is 2.54 bits per heavy atom. The van der Waals surface area contributed by atoms with Crippen LogP contribution in [-0.2, 0) is 20.9 Å². The minimum absolute atomic E-state index is 0.0785. The van der Waals surface area contributed by atoms with Crippen LogP contribution in [0.25, 0.3) is 6.08 Å². The lowest BCUT2D eigenvalue weighted by atomic mass is 10.1. The smallest absolute Gasteiger partial charge is 0.307 e. The van der Waals surface area contributed by atoms with Crippen molar-refractivity contribution in [2.75, 3.05) is 19.8 Å². The molecule has 0 N–H and O–H groups in total. The topological polar surface area (TPSA) is 65.1 Å². The highest BCUT2D eigenvalue weighted by Gasteiger charge is 2.32. The second kappa shape index (κ2) is 13.0. The molecule has 0 atom stereocenters. The summed E-state index contributed by atoms with van der Waals surface area (Å²) in [4.78, 5) is 26.4. The van der Waals surface area contributed by atoms with Gasteiger partial charge in [-0.3, -0.25) is 14.5 Å². The summed E-state index contributed by atoms with van der Waals surface area (Å²) in [6.45, 7) is 4.62. The number of carbonyl (C=O) groups excluding carboxylic acids is 2. The van der Waals surface area contributed by atoms with Crippen LogP contribution in [0.1, 0.15) is 31.4 Å². The first-order valence-corrected chi connectivity index (χ1v) is 13.5. The molecule has 0 spiro atoms. The lowest BCUT2D eigenvalue weighted by Gasteiger charge is -2.16. The standard InChI is InChI=1S/C24H22BrCl2NO5S2/c1-3-31-19-11-14(10-16(25)22(19)33-13-15-17(26)6-5-7-18(15)27)12-20-23(30)28(24(34)35-20)9-8-21(29)32-4-2/h5-7,10-12H,3-4,8-9,13H2,1-2H3/b20-12-. The van der Waals surface area contributed by atoms with Crippen LogP contribution in [0.2, 0.25) is 10.0 Å². The van der Waals surface area contributed by atoms with Crippen molar-refractivity contribution in [1.82, 2.24) is 4.90 Å². The van der Waals surface area contributed by atoms with Crippen LogP contribution in [0.3, 0.4) is 0 Å². The number of hydrogen-bond donors (Lipinski definition) is 0. The third kappa shape index (κ3) is 7.13. The Hall–Kier alpha value is -1.78. The summed E-state index contributed by atoms with van der Waals surface area (Å²) in [6.07, 6.45) is 1.81. The van der Waals surface area contributed by atoms with Gasteiger partial charge in [-0.15, -0.1) is 0 Å². The largest absolute Gasteiger partial charge is 0.490 e. The Kier molecular flexibility index (Phi) is 10.3. The molecule has 2 aromatic carbocycles. The summed E-state index contributed by atoms with van der Waals surface area (Å²) >= 11 is 22.6. The molecule has 1 fully saturated rings. The van der Waals surface area contributed by atoms with Crippen LogP contribution in [0, 0.1) is 0 Å². The first-order valence-electron chi connectivity index (χ1n) is 10.7. The van der Waals surface area contributed by atoms with Gasteiger partial charge in [-0.25, -0.2) is 0 Å². The number of rotatable bonds is 10. The number of ether oxygens (including phenoxy) is 3. The van der Waals surface area contributed by atoms with Gasteiger partial charge in [-0.1, -0.05) is 53.2 Å². The fraction of sp³-hybridized carbons (Fsp3) is 0.292. The number of thiocarbonyl (C=S) groups is 1. The molecule has 0 aromatic heterocycles. The molecule has 3 rings (SSSR count). The molecule has 1 heterocycles. The summed E-state index contributed by atoms with van der Waals surface area (Å²) < 4.78 is 17.8. The fourth-order valence-corrected chi connectivity index (χ4v) is 5.56. The molecule has 0 radical (unpaired) electrons. The van der Waals surface area contributed by atoms with Gasteiger partial charge < -0.3 is 14.2 Å². The molecule has 186 valence electrons. The van der Waals surface area contributed by atoms with Crippen LogP contribution in [-0.4, -0.2) is 40.9 Å². The van der Waals surface area contributed by atoms with E-state index in [-0.39, 0.29) is 31.4 Å². The highest BCUT2D eigenvalue weighted by molar-refractivity contribution is 9.10. The summed E-state index contributed by atoms with van der Waals surface area (Å²) in [5, 5.41) is 1.02. The van der Waals surface area contributed by atoms with Crippen molar-refractivity contribution < 1.29 is 23.8 Å². The summed E-state index contributed by atoms with van der Waals surface area (Å²) in [5.41, 5.74) is 1.38. The van der Waals surface area contributed by atoms with Gasteiger partial charge in [-0.05, 0) is 65.7 Å². The summed E-state index contributed by atoms with van der Waals surface area (Å²) in [7, 11) is 0. The molecule has 0 saturated carbocycles. The van der Waals surface area contributed by atoms with Gasteiger partial charge in [0.05, 0.1) is 29.0 Å². The van der Waals surface area contributed by atoms with Gasteiger partial charge in [0.1, 0.15) is 10.9 Å². The molecule has 11 heteroatoms. The number of esters is 1. The van der Waals surface area contributed by atoms with Crippen molar-refractivity contribution in [3.05, 3.63) is 60.9 Å². The Balaban J connectivity index is 1.81. The van der Waals surface area contributed by atoms with Crippen molar-refractivity contribution in [2.45, 2.75) is 26.9 Å². The SMILES string of the molecule is CCOC(=O)CCN1C(=O)/C(=C/c2cc(Br)c(OCc3c(Cl)cccc3Cl)c(OCC)c2)SC1=S. The molecule has 1 amide bonds. The Morgan fingerprint density at radius 2 is 1.89 bits per heavy atom. The lowest BCUT2D eigenvalue weighted by Crippen LogP contribution is -2.30. The Labute approximate surface area is 232 Å². The number of hydrogen-bond acceptors (Lipinski definition) is 7. The van der Waals surface area contributed by atoms with E-state index in [1.807, 2.05) is 13.0 Å². The quantitative estimate of drug-likeness (QED) is 0.163. The van der Waals surface area contributed by atoms with Gasteiger partial charge in [0.2, 0.25) is 0 Å². The molecule has 1 aliphatic rings. The average molecular weight is 619 g/mol. The van der Waals surface area contributed by atoms with E-state index in [0.717, 1.165) is 0 Å². The van der Waals surface area contributed by atoms with Gasteiger partial charge >= 0.3 is 5.97 Å². The van der Waals surface area contributed by atoms with E-state index in [4.69, 9.17) is 49.6 Å². The highest BCUT2D eigenvalue weighted by Crippen LogP contribution is 2.40. The van der Waals surface area contributed by atoms with Gasteiger partial charge in [-0.2, -0.15) is 0 Å². The van der Waals surface area contributed by atoms with E-state index in [0.29, 0.717) is 59.6 Å². The van der Waals surface area contributed by atoms with Crippen molar-refractivity contribution in [2.24, 2.45) is 0 Å². The van der Waals surface area contributed by atoms with Crippen LogP contribution in [0.5, 0.6) is 11.5 Å². The third-order valence-corrected chi connectivity index (χ3v) is 7.45. The Bertz CT molecular complexity index is 1150. The number of amides is 1. The second-order valence-corrected chi connectivity index (χ2v) is 10.5. The summed E-state index contributed by atoms with van der Waals surface area (Å²) in [6, 6.07) is 8.86. The monoisotopic (exact) mass is 617 g/mol. The van der Waals surface area contributed by atoms with E-state index in [1.165, 1.54) is 16.7 Å². The van der Waals surface area contributed by atoms with Gasteiger partial charge in [0.15, 0.2) is 11.5 Å². The molecule has 0 unspecified atom stereocenters. The molecular formula is C24H22BrCl2NO5S2. The van der Waals surface area contributed by atoms with Crippen molar-refractivity contribution in [3.8, 4) is 11.5 Å². The van der Waals surface area contributed by atoms with Crippen LogP contribution < -0.4 is 9.47 Å². The molecule has 2 aromatic rings. The maximum absolute atomic E-state index is 12.9. The van der Waals surface area contributed by atoms with E-state index in [2.05, 4.69) is 15.9 Å². The van der Waals surface area contributed by atoms with E-state index < -0.39 is 0 Å². The van der Waals surface area contributed by atoms with Crippen molar-refractivity contribution in [1.29, 1.82) is 0 Å². The minimum atomic E-state index is -0.371.